The van der Waals surface area contributed by atoms with Crippen LogP contribution in [0.25, 0.3) is 0 Å². The molecule has 2 heteroatoms. The fourth-order valence-electron chi connectivity index (χ4n) is 6.55. The van der Waals surface area contributed by atoms with E-state index in [1.807, 2.05) is 6.08 Å². The van der Waals surface area contributed by atoms with E-state index in [2.05, 4.69) is 12.8 Å². The quantitative estimate of drug-likeness (QED) is 0.767. The molecule has 2 nitrogen and oxygen atoms in total. The molecule has 1 N–H and O–H groups in total. The fourth-order valence-corrected chi connectivity index (χ4v) is 6.55. The first kappa shape index (κ1) is 16.2. The maximum atomic E-state index is 11.8. The zero-order valence-corrected chi connectivity index (χ0v) is 14.7. The molecule has 0 amide bonds. The van der Waals surface area contributed by atoms with Crippen molar-refractivity contribution in [1.29, 1.82) is 0 Å². The van der Waals surface area contributed by atoms with Crippen molar-refractivity contribution in [1.82, 2.24) is 0 Å². The summed E-state index contributed by atoms with van der Waals surface area (Å²) in [6.07, 6.45) is 17.5. The molecule has 3 unspecified atom stereocenters. The second kappa shape index (κ2) is 5.60. The smallest absolute Gasteiger partial charge is 0.156 e. The van der Waals surface area contributed by atoms with E-state index in [0.717, 1.165) is 57.8 Å². The third-order valence-electron chi connectivity index (χ3n) is 7.52. The van der Waals surface area contributed by atoms with Crippen LogP contribution in [0, 0.1) is 29.6 Å². The normalized spacial score (nSPS) is 41.2. The molecule has 4 atom stereocenters. The summed E-state index contributed by atoms with van der Waals surface area (Å²) in [6, 6.07) is 0. The van der Waals surface area contributed by atoms with Crippen LogP contribution in [0.3, 0.4) is 0 Å². The van der Waals surface area contributed by atoms with E-state index in [1.54, 1.807) is 5.57 Å². The van der Waals surface area contributed by atoms with Crippen LogP contribution in [0.5, 0.6) is 0 Å². The van der Waals surface area contributed by atoms with Gasteiger partial charge in [-0.25, -0.2) is 0 Å². The Labute approximate surface area is 145 Å². The first-order valence-electron chi connectivity index (χ1n) is 9.70. The molecule has 128 valence electrons. The Morgan fingerprint density at radius 3 is 2.83 bits per heavy atom. The molecule has 0 bridgehead atoms. The van der Waals surface area contributed by atoms with Crippen LogP contribution in [0.15, 0.2) is 22.8 Å². The highest BCUT2D eigenvalue weighted by atomic mass is 16.3. The second-order valence-corrected chi connectivity index (χ2v) is 8.34. The molecule has 2 saturated carbocycles. The van der Waals surface area contributed by atoms with Crippen LogP contribution < -0.4 is 0 Å². The van der Waals surface area contributed by atoms with Crippen molar-refractivity contribution in [2.75, 3.05) is 0 Å². The molecule has 0 saturated heterocycles. The second-order valence-electron chi connectivity index (χ2n) is 8.34. The highest BCUT2D eigenvalue weighted by Crippen LogP contribution is 2.65. The van der Waals surface area contributed by atoms with Gasteiger partial charge in [0.25, 0.3) is 0 Å². The zero-order valence-electron chi connectivity index (χ0n) is 14.7. The van der Waals surface area contributed by atoms with Crippen LogP contribution in [-0.2, 0) is 4.79 Å². The van der Waals surface area contributed by atoms with Gasteiger partial charge in [0.2, 0.25) is 0 Å². The van der Waals surface area contributed by atoms with Gasteiger partial charge in [-0.2, -0.15) is 0 Å². The lowest BCUT2D eigenvalue weighted by Gasteiger charge is -2.52. The number of fused-ring (bicyclic) bond motifs is 4. The lowest BCUT2D eigenvalue weighted by molar-refractivity contribution is -0.114. The van der Waals surface area contributed by atoms with Crippen LogP contribution in [0.1, 0.15) is 71.1 Å². The predicted molar refractivity (Wildman–Crippen MR) is 95.2 cm³/mol. The third kappa shape index (κ3) is 2.04. The van der Waals surface area contributed by atoms with Crippen molar-refractivity contribution in [2.24, 2.45) is 17.3 Å². The van der Waals surface area contributed by atoms with Crippen LogP contribution >= 0.6 is 0 Å². The summed E-state index contributed by atoms with van der Waals surface area (Å²) in [6.45, 7) is 2.21. The molecule has 0 aromatic carbocycles. The number of terminal acetylenes is 1. The van der Waals surface area contributed by atoms with E-state index in [0.29, 0.717) is 24.0 Å². The minimum absolute atomic E-state index is 0.0864. The van der Waals surface area contributed by atoms with Crippen molar-refractivity contribution in [2.45, 2.75) is 76.7 Å². The molecular weight excluding hydrogens is 296 g/mol. The van der Waals surface area contributed by atoms with Crippen LogP contribution in [0.2, 0.25) is 0 Å². The Morgan fingerprint density at radius 2 is 2.08 bits per heavy atom. The van der Waals surface area contributed by atoms with Gasteiger partial charge in [-0.05, 0) is 80.4 Å². The number of aliphatic hydroxyl groups is 1. The molecule has 0 aromatic rings. The lowest BCUT2D eigenvalue weighted by atomic mass is 9.53. The number of allylic oxidation sites excluding steroid dienone is 4. The Hall–Kier alpha value is -1.33. The first-order chi connectivity index (χ1) is 11.5. The van der Waals surface area contributed by atoms with Crippen LogP contribution in [0.4, 0.5) is 0 Å². The third-order valence-corrected chi connectivity index (χ3v) is 7.52. The maximum Gasteiger partial charge on any atom is 0.156 e. The van der Waals surface area contributed by atoms with Gasteiger partial charge in [0.05, 0.1) is 0 Å². The molecule has 2 fully saturated rings. The number of ketones is 1. The topological polar surface area (TPSA) is 37.3 Å². The van der Waals surface area contributed by atoms with E-state index in [9.17, 15) is 9.90 Å². The van der Waals surface area contributed by atoms with E-state index in [4.69, 9.17) is 6.42 Å². The molecule has 4 rings (SSSR count). The fraction of sp³-hybridized carbons (Fsp3) is 0.682. The van der Waals surface area contributed by atoms with Crippen LogP contribution in [-0.4, -0.2) is 16.5 Å². The number of hydrogen-bond acceptors (Lipinski definition) is 2. The van der Waals surface area contributed by atoms with Gasteiger partial charge in [0, 0.05) is 11.8 Å². The Bertz CT molecular complexity index is 677. The summed E-state index contributed by atoms with van der Waals surface area (Å²) in [5.41, 5.74) is 3.41. The molecule has 4 aliphatic carbocycles. The van der Waals surface area contributed by atoms with E-state index >= 15 is 0 Å². The van der Waals surface area contributed by atoms with Gasteiger partial charge in [0.15, 0.2) is 5.78 Å². The highest BCUT2D eigenvalue weighted by Gasteiger charge is 2.62. The molecule has 0 aromatic heterocycles. The summed E-state index contributed by atoms with van der Waals surface area (Å²) >= 11 is 0. The number of carbonyl (C=O) groups excluding carboxylic acids is 1. The SMILES string of the molecule is C#C[C@]1(O)CCC2C3CCC4=CC(=O)CCC4=C3CCC21CCC. The molecule has 0 aliphatic heterocycles. The van der Waals surface area contributed by atoms with Crippen molar-refractivity contribution >= 4 is 5.78 Å². The van der Waals surface area contributed by atoms with Gasteiger partial charge >= 0.3 is 0 Å². The summed E-state index contributed by atoms with van der Waals surface area (Å²) in [4.78, 5) is 11.8. The largest absolute Gasteiger partial charge is 0.377 e. The van der Waals surface area contributed by atoms with E-state index < -0.39 is 5.60 Å². The summed E-state index contributed by atoms with van der Waals surface area (Å²) in [5.74, 6) is 4.20. The average molecular weight is 324 g/mol. The monoisotopic (exact) mass is 324 g/mol. The lowest BCUT2D eigenvalue weighted by Crippen LogP contribution is -2.50. The number of rotatable bonds is 2. The van der Waals surface area contributed by atoms with Crippen molar-refractivity contribution in [3.63, 3.8) is 0 Å². The summed E-state index contributed by atoms with van der Waals surface area (Å²) < 4.78 is 0. The van der Waals surface area contributed by atoms with Crippen molar-refractivity contribution < 1.29 is 9.90 Å². The maximum absolute atomic E-state index is 11.8. The standard InChI is InChI=1S/C22H28O2/c1-3-11-21-12-9-18-17-8-6-16(23)14-15(17)5-7-19(18)20(21)10-13-22(21,24)4-2/h2,14,19-20,24H,3,5-13H2,1H3/t19?,20?,21?,22-/m0/s1. The molecular formula is C22H28O2. The van der Waals surface area contributed by atoms with Crippen molar-refractivity contribution in [3.8, 4) is 12.3 Å². The molecule has 0 heterocycles. The molecule has 0 radical (unpaired) electrons. The van der Waals surface area contributed by atoms with Gasteiger partial charge in [-0.15, -0.1) is 6.42 Å². The number of carbonyl (C=O) groups is 1. The van der Waals surface area contributed by atoms with Gasteiger partial charge in [-0.3, -0.25) is 4.79 Å². The summed E-state index contributed by atoms with van der Waals surface area (Å²) in [7, 11) is 0. The molecule has 0 spiro atoms. The van der Waals surface area contributed by atoms with Gasteiger partial charge in [-0.1, -0.05) is 24.8 Å². The Kier molecular flexibility index (Phi) is 3.77. The van der Waals surface area contributed by atoms with E-state index in [-0.39, 0.29) is 5.41 Å². The minimum Gasteiger partial charge on any atom is -0.377 e. The van der Waals surface area contributed by atoms with Gasteiger partial charge < -0.3 is 5.11 Å². The molecule has 24 heavy (non-hydrogen) atoms. The van der Waals surface area contributed by atoms with Crippen molar-refractivity contribution in [3.05, 3.63) is 22.8 Å². The first-order valence-corrected chi connectivity index (χ1v) is 9.70. The summed E-state index contributed by atoms with van der Waals surface area (Å²) in [5, 5.41) is 11.2. The predicted octanol–water partition coefficient (Wildman–Crippen LogP) is 4.34. The number of hydrogen-bond donors (Lipinski definition) is 1. The highest BCUT2D eigenvalue weighted by molar-refractivity contribution is 5.93. The minimum atomic E-state index is -0.914. The average Bonchev–Trinajstić information content (AvgIpc) is 2.88. The molecule has 4 aliphatic rings. The Morgan fingerprint density at radius 1 is 1.25 bits per heavy atom. The Balaban J connectivity index is 1.76. The zero-order chi connectivity index (χ0) is 16.9. The van der Waals surface area contributed by atoms with Gasteiger partial charge in [0.1, 0.15) is 5.60 Å². The van der Waals surface area contributed by atoms with E-state index in [1.165, 1.54) is 11.1 Å².